The van der Waals surface area contributed by atoms with Gasteiger partial charge in [-0.3, -0.25) is 9.59 Å². The van der Waals surface area contributed by atoms with Gasteiger partial charge in [0.15, 0.2) is 5.65 Å². The molecule has 2 aliphatic rings. The van der Waals surface area contributed by atoms with E-state index in [1.807, 2.05) is 0 Å². The van der Waals surface area contributed by atoms with E-state index in [9.17, 15) is 14.7 Å². The second-order valence-corrected chi connectivity index (χ2v) is 8.19. The van der Waals surface area contributed by atoms with Crippen molar-refractivity contribution in [2.45, 2.75) is 50.4 Å². The monoisotopic (exact) mass is 455 g/mol. The van der Waals surface area contributed by atoms with Crippen molar-refractivity contribution in [3.63, 3.8) is 0 Å². The number of pyridine rings is 1. The number of amides is 1. The quantitative estimate of drug-likeness (QED) is 0.438. The van der Waals surface area contributed by atoms with E-state index in [2.05, 4.69) is 20.7 Å². The standard InChI is InChI=1S/C17H19N7O3.C5H10O/c1-19-14-7-13(22-16-9(15(18)26)8-20-24(14)16)21-10-3-2-6-23(17(10)27)11-4-5-12(11)25;1-6-5-3-2-4-5/h2-3,6-8,11-12,19,25H,4-5H2,1H3,(H2,18,26)(H,21,22);5H,2-4H2,1H3. The van der Waals surface area contributed by atoms with Gasteiger partial charge in [-0.15, -0.1) is 0 Å². The number of aromatic nitrogens is 4. The van der Waals surface area contributed by atoms with Crippen molar-refractivity contribution >= 4 is 28.9 Å². The molecule has 5 N–H and O–H groups in total. The average Bonchev–Trinajstić information content (AvgIpc) is 3.19. The number of nitrogens with two attached hydrogens (primary N) is 1. The van der Waals surface area contributed by atoms with Gasteiger partial charge < -0.3 is 30.8 Å². The Morgan fingerprint density at radius 3 is 2.61 bits per heavy atom. The first-order valence-electron chi connectivity index (χ1n) is 11.0. The average molecular weight is 456 g/mol. The van der Waals surface area contributed by atoms with Crippen LogP contribution in [0.15, 0.2) is 35.4 Å². The van der Waals surface area contributed by atoms with Crippen molar-refractivity contribution in [1.29, 1.82) is 0 Å². The first-order valence-corrected chi connectivity index (χ1v) is 11.0. The minimum Gasteiger partial charge on any atom is -0.391 e. The van der Waals surface area contributed by atoms with Gasteiger partial charge in [-0.25, -0.2) is 4.98 Å². The highest BCUT2D eigenvalue weighted by Crippen LogP contribution is 2.31. The number of nitrogens with zero attached hydrogens (tertiary/aromatic N) is 4. The number of carbonyl (C=O) groups is 1. The number of aliphatic hydroxyl groups is 1. The predicted molar refractivity (Wildman–Crippen MR) is 124 cm³/mol. The van der Waals surface area contributed by atoms with E-state index in [1.165, 1.54) is 34.5 Å². The second kappa shape index (κ2) is 9.59. The number of methoxy groups -OCH3 is 1. The van der Waals surface area contributed by atoms with E-state index in [0.29, 0.717) is 29.8 Å². The lowest BCUT2D eigenvalue weighted by atomic mass is 9.89. The summed E-state index contributed by atoms with van der Waals surface area (Å²) in [6.45, 7) is 0. The summed E-state index contributed by atoms with van der Waals surface area (Å²) in [4.78, 5) is 28.7. The van der Waals surface area contributed by atoms with Gasteiger partial charge in [-0.2, -0.15) is 9.61 Å². The van der Waals surface area contributed by atoms with Crippen LogP contribution >= 0.6 is 0 Å². The van der Waals surface area contributed by atoms with Crippen molar-refractivity contribution < 1.29 is 14.6 Å². The maximum Gasteiger partial charge on any atom is 0.274 e. The van der Waals surface area contributed by atoms with Crippen LogP contribution in [-0.2, 0) is 4.74 Å². The Morgan fingerprint density at radius 2 is 2.09 bits per heavy atom. The Bertz CT molecular complexity index is 1200. The Hall–Kier alpha value is -3.44. The summed E-state index contributed by atoms with van der Waals surface area (Å²) in [7, 11) is 3.49. The molecule has 0 bridgehead atoms. The normalized spacial score (nSPS) is 19.7. The fourth-order valence-corrected chi connectivity index (χ4v) is 3.78. The van der Waals surface area contributed by atoms with Gasteiger partial charge in [0.05, 0.1) is 24.4 Å². The fraction of sp³-hybridized carbons (Fsp3) is 0.455. The van der Waals surface area contributed by atoms with Crippen LogP contribution in [0.5, 0.6) is 0 Å². The molecular weight excluding hydrogens is 426 g/mol. The van der Waals surface area contributed by atoms with Gasteiger partial charge in [-0.05, 0) is 44.2 Å². The fourth-order valence-electron chi connectivity index (χ4n) is 3.78. The Kier molecular flexibility index (Phi) is 6.61. The minimum absolute atomic E-state index is 0.179. The number of ether oxygens (including phenoxy) is 1. The zero-order valence-electron chi connectivity index (χ0n) is 18.7. The van der Waals surface area contributed by atoms with Gasteiger partial charge in [0.1, 0.15) is 22.9 Å². The van der Waals surface area contributed by atoms with E-state index in [-0.39, 0.29) is 22.8 Å². The topological polar surface area (TPSA) is 149 Å². The summed E-state index contributed by atoms with van der Waals surface area (Å²) in [5.74, 6) is 0.289. The molecule has 0 aromatic carbocycles. The summed E-state index contributed by atoms with van der Waals surface area (Å²) in [5, 5.41) is 19.9. The number of primary amides is 1. The lowest BCUT2D eigenvalue weighted by molar-refractivity contribution is 0.0300. The third kappa shape index (κ3) is 4.55. The van der Waals surface area contributed by atoms with E-state index in [4.69, 9.17) is 10.5 Å². The van der Waals surface area contributed by atoms with Crippen LogP contribution in [0.3, 0.4) is 0 Å². The summed E-state index contributed by atoms with van der Waals surface area (Å²) < 4.78 is 7.97. The van der Waals surface area contributed by atoms with Crippen LogP contribution < -0.4 is 21.9 Å². The molecule has 3 heterocycles. The number of aliphatic hydroxyl groups excluding tert-OH is 1. The highest BCUT2D eigenvalue weighted by molar-refractivity contribution is 5.98. The first kappa shape index (κ1) is 22.7. The number of hydrogen-bond donors (Lipinski definition) is 4. The summed E-state index contributed by atoms with van der Waals surface area (Å²) in [5.41, 5.74) is 5.90. The Labute approximate surface area is 190 Å². The molecule has 2 saturated carbocycles. The number of hydrogen-bond acceptors (Lipinski definition) is 8. The summed E-state index contributed by atoms with van der Waals surface area (Å²) in [6.07, 6.45) is 8.52. The number of rotatable bonds is 6. The summed E-state index contributed by atoms with van der Waals surface area (Å²) >= 11 is 0. The molecule has 176 valence electrons. The zero-order chi connectivity index (χ0) is 23.5. The molecule has 0 radical (unpaired) electrons. The van der Waals surface area contributed by atoms with Crippen molar-refractivity contribution in [3.05, 3.63) is 46.5 Å². The molecular formula is C22H29N7O4. The van der Waals surface area contributed by atoms with Crippen molar-refractivity contribution in [2.24, 2.45) is 5.73 Å². The molecule has 11 heteroatoms. The van der Waals surface area contributed by atoms with Crippen molar-refractivity contribution in [1.82, 2.24) is 19.2 Å². The second-order valence-electron chi connectivity index (χ2n) is 8.19. The molecule has 0 saturated heterocycles. The molecule has 0 aliphatic heterocycles. The molecule has 0 spiro atoms. The molecule has 3 aromatic heterocycles. The van der Waals surface area contributed by atoms with Crippen LogP contribution in [0.25, 0.3) is 5.65 Å². The van der Waals surface area contributed by atoms with Gasteiger partial charge in [0.25, 0.3) is 11.5 Å². The minimum atomic E-state index is -0.641. The van der Waals surface area contributed by atoms with Crippen LogP contribution in [0.4, 0.5) is 17.3 Å². The largest absolute Gasteiger partial charge is 0.391 e. The number of nitrogens with one attached hydrogen (secondary N) is 2. The van der Waals surface area contributed by atoms with Gasteiger partial charge in [0, 0.05) is 26.4 Å². The third-order valence-electron chi connectivity index (χ3n) is 6.18. The Balaban J connectivity index is 0.000000376. The molecule has 3 aromatic rings. The van der Waals surface area contributed by atoms with E-state index < -0.39 is 12.0 Å². The number of fused-ring (bicyclic) bond motifs is 1. The van der Waals surface area contributed by atoms with E-state index >= 15 is 0 Å². The highest BCUT2D eigenvalue weighted by atomic mass is 16.5. The molecule has 2 fully saturated rings. The number of carbonyl (C=O) groups excluding carboxylic acids is 1. The van der Waals surface area contributed by atoms with Crippen LogP contribution in [0, 0.1) is 0 Å². The Morgan fingerprint density at radius 1 is 1.30 bits per heavy atom. The smallest absolute Gasteiger partial charge is 0.274 e. The van der Waals surface area contributed by atoms with E-state index in [0.717, 1.165) is 6.42 Å². The van der Waals surface area contributed by atoms with Gasteiger partial charge in [-0.1, -0.05) is 0 Å². The molecule has 2 unspecified atom stereocenters. The third-order valence-corrected chi connectivity index (χ3v) is 6.18. The van der Waals surface area contributed by atoms with Crippen molar-refractivity contribution in [2.75, 3.05) is 24.8 Å². The first-order chi connectivity index (χ1) is 15.9. The highest BCUT2D eigenvalue weighted by Gasteiger charge is 2.31. The maximum absolute atomic E-state index is 12.8. The zero-order valence-corrected chi connectivity index (χ0v) is 18.7. The SMILES string of the molecule is CNc1cc(Nc2cccn(C3CCC3O)c2=O)nc2c(C(N)=O)cnn12.COC1CCC1. The summed E-state index contributed by atoms with van der Waals surface area (Å²) in [6, 6.07) is 4.83. The number of anilines is 3. The van der Waals surface area contributed by atoms with Crippen LogP contribution in [-0.4, -0.2) is 56.5 Å². The maximum atomic E-state index is 12.8. The predicted octanol–water partition coefficient (Wildman–Crippen LogP) is 1.66. The van der Waals surface area contributed by atoms with Crippen LogP contribution in [0.2, 0.25) is 0 Å². The molecule has 2 atom stereocenters. The lowest BCUT2D eigenvalue weighted by Gasteiger charge is -2.34. The van der Waals surface area contributed by atoms with E-state index in [1.54, 1.807) is 38.6 Å². The van der Waals surface area contributed by atoms with Gasteiger partial charge >= 0.3 is 0 Å². The molecule has 2 aliphatic carbocycles. The lowest BCUT2D eigenvalue weighted by Crippen LogP contribution is -2.39. The molecule has 5 rings (SSSR count). The van der Waals surface area contributed by atoms with Crippen molar-refractivity contribution in [3.8, 4) is 0 Å². The molecule has 11 nitrogen and oxygen atoms in total. The van der Waals surface area contributed by atoms with Crippen LogP contribution in [0.1, 0.15) is 48.5 Å². The molecule has 33 heavy (non-hydrogen) atoms. The molecule has 1 amide bonds. The van der Waals surface area contributed by atoms with Gasteiger partial charge in [0.2, 0.25) is 0 Å².